The lowest BCUT2D eigenvalue weighted by molar-refractivity contribution is -0.114. The molecule has 0 aliphatic rings. The molecule has 0 aliphatic heterocycles. The summed E-state index contributed by atoms with van der Waals surface area (Å²) in [5.41, 5.74) is 7.71. The van der Waals surface area contributed by atoms with Crippen LogP contribution in [0.3, 0.4) is 0 Å². The predicted octanol–water partition coefficient (Wildman–Crippen LogP) is 4.09. The molecule has 0 bridgehead atoms. The third kappa shape index (κ3) is 5.24. The lowest BCUT2D eigenvalue weighted by Gasteiger charge is -2.21. The van der Waals surface area contributed by atoms with Crippen LogP contribution in [0.4, 0.5) is 11.4 Å². The van der Waals surface area contributed by atoms with Crippen molar-refractivity contribution in [3.8, 4) is 21.0 Å². The maximum Gasteiger partial charge on any atom is 0.241 e. The normalized spacial score (nSPS) is 12.0. The molecule has 4 N–H and O–H groups in total. The number of nitrogen functional groups attached to an aromatic ring is 1. The fourth-order valence-corrected chi connectivity index (χ4v) is 5.54. The van der Waals surface area contributed by atoms with Gasteiger partial charge in [0.05, 0.1) is 9.77 Å². The van der Waals surface area contributed by atoms with E-state index in [1.54, 1.807) is 39.1 Å². The van der Waals surface area contributed by atoms with E-state index < -0.39 is 15.6 Å². The maximum atomic E-state index is 13.0. The molecule has 1 amide bonds. The van der Waals surface area contributed by atoms with Crippen LogP contribution in [-0.2, 0) is 14.8 Å². The molecule has 30 heavy (non-hydrogen) atoms. The number of nitrogens with zero attached hydrogens (tertiary/aromatic N) is 1. The number of benzene rings is 2. The number of hydrogen-bond acceptors (Lipinski definition) is 6. The van der Waals surface area contributed by atoms with E-state index in [2.05, 4.69) is 15.0 Å². The zero-order chi connectivity index (χ0) is 22.1. The third-order valence-corrected chi connectivity index (χ3v) is 6.84. The Kier molecular flexibility index (Phi) is 5.98. The summed E-state index contributed by atoms with van der Waals surface area (Å²) < 4.78 is 28.6. The molecule has 0 atom stereocenters. The third-order valence-electron chi connectivity index (χ3n) is 3.96. The Labute approximate surface area is 180 Å². The molecule has 9 heteroatoms. The topological polar surface area (TPSA) is 114 Å². The molecule has 158 valence electrons. The molecule has 0 saturated heterocycles. The molecule has 0 fully saturated rings. The van der Waals surface area contributed by atoms with E-state index >= 15 is 0 Å². The van der Waals surface area contributed by atoms with E-state index in [1.165, 1.54) is 24.3 Å². The first-order valence-electron chi connectivity index (χ1n) is 9.22. The number of anilines is 2. The van der Waals surface area contributed by atoms with Crippen molar-refractivity contribution < 1.29 is 13.2 Å². The first-order valence-corrected chi connectivity index (χ1v) is 11.5. The highest BCUT2D eigenvalue weighted by atomic mass is 32.2. The van der Waals surface area contributed by atoms with Gasteiger partial charge in [0.2, 0.25) is 15.9 Å². The molecule has 0 aliphatic carbocycles. The number of amides is 1. The lowest BCUT2D eigenvalue weighted by Crippen LogP contribution is -2.40. The van der Waals surface area contributed by atoms with Gasteiger partial charge in [-0.25, -0.2) is 18.1 Å². The molecule has 1 aromatic heterocycles. The zero-order valence-corrected chi connectivity index (χ0v) is 18.8. The average Bonchev–Trinajstić information content (AvgIpc) is 3.09. The number of rotatable bonds is 5. The zero-order valence-electron chi connectivity index (χ0n) is 17.2. The number of nitrogens with two attached hydrogens (primary N) is 1. The van der Waals surface area contributed by atoms with Gasteiger partial charge in [0.25, 0.3) is 0 Å². The van der Waals surface area contributed by atoms with Crippen LogP contribution in [0.25, 0.3) is 21.0 Å². The minimum absolute atomic E-state index is 0.0966. The minimum Gasteiger partial charge on any atom is -0.399 e. The van der Waals surface area contributed by atoms with Gasteiger partial charge >= 0.3 is 0 Å². The molecule has 0 spiro atoms. The molecule has 2 aromatic carbocycles. The molecule has 3 rings (SSSR count). The van der Waals surface area contributed by atoms with E-state index in [0.29, 0.717) is 21.9 Å². The van der Waals surface area contributed by atoms with Crippen molar-refractivity contribution in [1.82, 2.24) is 9.71 Å². The van der Waals surface area contributed by atoms with Crippen molar-refractivity contribution in [3.05, 3.63) is 48.7 Å². The van der Waals surface area contributed by atoms with Crippen LogP contribution in [0, 0.1) is 0 Å². The number of thiazole rings is 1. The standard InChI is InChI=1S/C21H24N4O3S2/c1-13(26)24-16-8-5-14(6-9-16)18-12-23-20(29-18)17-10-7-15(22)11-19(17)30(27,28)25-21(2,3)4/h5-12,25H,22H2,1-4H3,(H,24,26). The summed E-state index contributed by atoms with van der Waals surface area (Å²) in [4.78, 5) is 16.6. The fraction of sp³-hybridized carbons (Fsp3) is 0.238. The van der Waals surface area contributed by atoms with Crippen molar-refractivity contribution in [2.45, 2.75) is 38.1 Å². The van der Waals surface area contributed by atoms with E-state index in [0.717, 1.165) is 10.4 Å². The van der Waals surface area contributed by atoms with Crippen molar-refractivity contribution >= 4 is 38.6 Å². The molecule has 7 nitrogen and oxygen atoms in total. The van der Waals surface area contributed by atoms with Gasteiger partial charge in [0.15, 0.2) is 0 Å². The predicted molar refractivity (Wildman–Crippen MR) is 122 cm³/mol. The van der Waals surface area contributed by atoms with Gasteiger partial charge < -0.3 is 11.1 Å². The quantitative estimate of drug-likeness (QED) is 0.513. The minimum atomic E-state index is -3.80. The highest BCUT2D eigenvalue weighted by Gasteiger charge is 2.26. The molecular formula is C21H24N4O3S2. The summed E-state index contributed by atoms with van der Waals surface area (Å²) >= 11 is 1.38. The SMILES string of the molecule is CC(=O)Nc1ccc(-c2cnc(-c3ccc(N)cc3S(=O)(=O)NC(C)(C)C)s2)cc1. The summed E-state index contributed by atoms with van der Waals surface area (Å²) in [5, 5.41) is 3.30. The Morgan fingerprint density at radius 1 is 1.10 bits per heavy atom. The van der Waals surface area contributed by atoms with Crippen molar-refractivity contribution in [1.29, 1.82) is 0 Å². The highest BCUT2D eigenvalue weighted by molar-refractivity contribution is 7.89. The van der Waals surface area contributed by atoms with Crippen molar-refractivity contribution in [3.63, 3.8) is 0 Å². The van der Waals surface area contributed by atoms with Gasteiger partial charge in [-0.15, -0.1) is 11.3 Å². The number of aromatic nitrogens is 1. The second kappa shape index (κ2) is 8.17. The van der Waals surface area contributed by atoms with E-state index in [1.807, 2.05) is 24.3 Å². The summed E-state index contributed by atoms with van der Waals surface area (Å²) in [5.74, 6) is -0.135. The number of sulfonamides is 1. The summed E-state index contributed by atoms with van der Waals surface area (Å²) in [7, 11) is -3.80. The van der Waals surface area contributed by atoms with Crippen LogP contribution < -0.4 is 15.8 Å². The summed E-state index contributed by atoms with van der Waals surface area (Å²) in [6.07, 6.45) is 1.71. The Morgan fingerprint density at radius 3 is 2.37 bits per heavy atom. The van der Waals surface area contributed by atoms with Crippen LogP contribution in [0.15, 0.2) is 53.6 Å². The van der Waals surface area contributed by atoms with Gasteiger partial charge in [-0.2, -0.15) is 0 Å². The Morgan fingerprint density at radius 2 is 1.77 bits per heavy atom. The number of carbonyl (C=O) groups is 1. The highest BCUT2D eigenvalue weighted by Crippen LogP contribution is 2.36. The fourth-order valence-electron chi connectivity index (χ4n) is 2.85. The van der Waals surface area contributed by atoms with Crippen molar-refractivity contribution in [2.75, 3.05) is 11.1 Å². The lowest BCUT2D eigenvalue weighted by atomic mass is 10.1. The summed E-state index contributed by atoms with van der Waals surface area (Å²) in [6, 6.07) is 12.2. The Bertz CT molecular complexity index is 1180. The molecule has 0 radical (unpaired) electrons. The van der Waals surface area contributed by atoms with Crippen LogP contribution >= 0.6 is 11.3 Å². The average molecular weight is 445 g/mol. The number of nitrogens with one attached hydrogen (secondary N) is 2. The molecule has 1 heterocycles. The van der Waals surface area contributed by atoms with E-state index in [9.17, 15) is 13.2 Å². The van der Waals surface area contributed by atoms with Crippen LogP contribution in [0.1, 0.15) is 27.7 Å². The molecule has 0 saturated carbocycles. The molecule has 0 unspecified atom stereocenters. The van der Waals surface area contributed by atoms with E-state index in [4.69, 9.17) is 5.73 Å². The number of carbonyl (C=O) groups excluding carboxylic acids is 1. The van der Waals surface area contributed by atoms with Crippen LogP contribution in [0.5, 0.6) is 0 Å². The Balaban J connectivity index is 1.99. The van der Waals surface area contributed by atoms with E-state index in [-0.39, 0.29) is 10.8 Å². The monoisotopic (exact) mass is 444 g/mol. The van der Waals surface area contributed by atoms with Gasteiger partial charge in [-0.1, -0.05) is 12.1 Å². The number of hydrogen-bond donors (Lipinski definition) is 3. The van der Waals surface area contributed by atoms with Crippen LogP contribution in [0.2, 0.25) is 0 Å². The van der Waals surface area contributed by atoms with Gasteiger partial charge in [0, 0.05) is 35.6 Å². The van der Waals surface area contributed by atoms with Gasteiger partial charge in [-0.05, 0) is 56.7 Å². The van der Waals surface area contributed by atoms with Crippen molar-refractivity contribution in [2.24, 2.45) is 0 Å². The first kappa shape index (κ1) is 21.9. The van der Waals surface area contributed by atoms with Gasteiger partial charge in [-0.3, -0.25) is 4.79 Å². The maximum absolute atomic E-state index is 13.0. The largest absolute Gasteiger partial charge is 0.399 e. The second-order valence-corrected chi connectivity index (χ2v) is 10.6. The molecular weight excluding hydrogens is 420 g/mol. The van der Waals surface area contributed by atoms with Gasteiger partial charge in [0.1, 0.15) is 5.01 Å². The first-order chi connectivity index (χ1) is 13.9. The Hall–Kier alpha value is -2.75. The smallest absolute Gasteiger partial charge is 0.241 e. The molecule has 3 aromatic rings. The summed E-state index contributed by atoms with van der Waals surface area (Å²) in [6.45, 7) is 6.80. The van der Waals surface area contributed by atoms with Crippen LogP contribution in [-0.4, -0.2) is 24.8 Å². The second-order valence-electron chi connectivity index (χ2n) is 7.90.